The summed E-state index contributed by atoms with van der Waals surface area (Å²) in [6, 6.07) is 0. The van der Waals surface area contributed by atoms with Crippen molar-refractivity contribution in [2.24, 2.45) is 17.3 Å². The van der Waals surface area contributed by atoms with E-state index in [9.17, 15) is 4.79 Å². The number of carbonyl (C=O) groups is 1. The molecular formula is C13H18O2. The largest absolute Gasteiger partial charge is 0.490 e. The fourth-order valence-electron chi connectivity index (χ4n) is 3.59. The Balaban J connectivity index is 1.97. The van der Waals surface area contributed by atoms with Gasteiger partial charge in [-0.25, -0.2) is 0 Å². The van der Waals surface area contributed by atoms with Crippen molar-refractivity contribution in [1.82, 2.24) is 0 Å². The van der Waals surface area contributed by atoms with Crippen LogP contribution in [0.4, 0.5) is 0 Å². The van der Waals surface area contributed by atoms with Crippen molar-refractivity contribution >= 4 is 5.78 Å². The maximum absolute atomic E-state index is 12.1. The first-order valence-electron chi connectivity index (χ1n) is 5.98. The van der Waals surface area contributed by atoms with Gasteiger partial charge in [-0.3, -0.25) is 4.79 Å². The highest BCUT2D eigenvalue weighted by molar-refractivity contribution is 5.99. The predicted molar refractivity (Wildman–Crippen MR) is 57.2 cm³/mol. The molecule has 2 atom stereocenters. The van der Waals surface area contributed by atoms with Crippen LogP contribution in [0.15, 0.2) is 11.3 Å². The van der Waals surface area contributed by atoms with Gasteiger partial charge in [-0.05, 0) is 42.6 Å². The zero-order valence-corrected chi connectivity index (χ0v) is 9.51. The zero-order valence-electron chi connectivity index (χ0n) is 9.51. The van der Waals surface area contributed by atoms with Crippen molar-refractivity contribution < 1.29 is 9.53 Å². The molecule has 1 fully saturated rings. The van der Waals surface area contributed by atoms with Crippen LogP contribution in [0.3, 0.4) is 0 Å². The standard InChI is InChI=1S/C13H18O2/c1-13(2)6-9-8-4-3-5-15-12(8)11(14)10(9)7-13/h9-10H,3-7H2,1-2H3/t9-,10-/m1/s1. The van der Waals surface area contributed by atoms with Crippen molar-refractivity contribution in [1.29, 1.82) is 0 Å². The van der Waals surface area contributed by atoms with Crippen LogP contribution < -0.4 is 0 Å². The quantitative estimate of drug-likeness (QED) is 0.609. The van der Waals surface area contributed by atoms with Gasteiger partial charge in [0.25, 0.3) is 0 Å². The molecule has 0 N–H and O–H groups in total. The molecule has 15 heavy (non-hydrogen) atoms. The summed E-state index contributed by atoms with van der Waals surface area (Å²) in [5.41, 5.74) is 1.70. The van der Waals surface area contributed by atoms with Crippen LogP contribution in [0.2, 0.25) is 0 Å². The lowest BCUT2D eigenvalue weighted by Gasteiger charge is -2.22. The Morgan fingerprint density at radius 3 is 2.80 bits per heavy atom. The minimum Gasteiger partial charge on any atom is -0.490 e. The first-order valence-corrected chi connectivity index (χ1v) is 5.98. The van der Waals surface area contributed by atoms with Crippen molar-refractivity contribution in [3.8, 4) is 0 Å². The Hall–Kier alpha value is -0.790. The molecule has 1 heterocycles. The van der Waals surface area contributed by atoms with E-state index >= 15 is 0 Å². The van der Waals surface area contributed by atoms with Crippen LogP contribution in [0, 0.1) is 17.3 Å². The number of allylic oxidation sites excluding steroid dienone is 2. The molecule has 1 aliphatic heterocycles. The third-order valence-corrected chi connectivity index (χ3v) is 4.17. The van der Waals surface area contributed by atoms with Gasteiger partial charge in [0.1, 0.15) is 0 Å². The Morgan fingerprint density at radius 1 is 1.27 bits per heavy atom. The molecule has 0 radical (unpaired) electrons. The third-order valence-electron chi connectivity index (χ3n) is 4.17. The number of rotatable bonds is 0. The van der Waals surface area contributed by atoms with E-state index in [-0.39, 0.29) is 5.92 Å². The summed E-state index contributed by atoms with van der Waals surface area (Å²) in [7, 11) is 0. The van der Waals surface area contributed by atoms with Gasteiger partial charge in [-0.15, -0.1) is 0 Å². The van der Waals surface area contributed by atoms with Crippen LogP contribution in [-0.2, 0) is 9.53 Å². The summed E-state index contributed by atoms with van der Waals surface area (Å²) in [6.45, 7) is 5.30. The van der Waals surface area contributed by atoms with Crippen molar-refractivity contribution in [3.63, 3.8) is 0 Å². The van der Waals surface area contributed by atoms with E-state index in [4.69, 9.17) is 4.74 Å². The lowest BCUT2D eigenvalue weighted by atomic mass is 9.87. The lowest BCUT2D eigenvalue weighted by molar-refractivity contribution is -0.122. The molecule has 3 aliphatic rings. The molecule has 0 bridgehead atoms. The summed E-state index contributed by atoms with van der Waals surface area (Å²) >= 11 is 0. The van der Waals surface area contributed by atoms with Crippen molar-refractivity contribution in [3.05, 3.63) is 11.3 Å². The third kappa shape index (κ3) is 1.27. The second-order valence-electron chi connectivity index (χ2n) is 5.96. The Bertz CT molecular complexity index is 352. The Kier molecular flexibility index (Phi) is 1.80. The van der Waals surface area contributed by atoms with Gasteiger partial charge in [0.2, 0.25) is 5.78 Å². The van der Waals surface area contributed by atoms with Crippen LogP contribution in [-0.4, -0.2) is 12.4 Å². The number of carbonyl (C=O) groups excluding carboxylic acids is 1. The first-order chi connectivity index (χ1) is 7.08. The Labute approximate surface area is 90.7 Å². The van der Waals surface area contributed by atoms with Gasteiger partial charge < -0.3 is 4.74 Å². The van der Waals surface area contributed by atoms with Gasteiger partial charge in [-0.2, -0.15) is 0 Å². The Morgan fingerprint density at radius 2 is 2.00 bits per heavy atom. The molecule has 0 amide bonds. The smallest absolute Gasteiger partial charge is 0.201 e. The lowest BCUT2D eigenvalue weighted by Crippen LogP contribution is -2.16. The summed E-state index contributed by atoms with van der Waals surface area (Å²) < 4.78 is 5.55. The zero-order chi connectivity index (χ0) is 10.6. The number of hydrogen-bond acceptors (Lipinski definition) is 2. The minimum atomic E-state index is 0.253. The van der Waals surface area contributed by atoms with E-state index in [0.29, 0.717) is 17.1 Å². The highest BCUT2D eigenvalue weighted by atomic mass is 16.5. The highest BCUT2D eigenvalue weighted by Crippen LogP contribution is 2.55. The molecule has 1 saturated carbocycles. The van der Waals surface area contributed by atoms with E-state index in [2.05, 4.69) is 13.8 Å². The number of ether oxygens (including phenoxy) is 1. The van der Waals surface area contributed by atoms with Crippen molar-refractivity contribution in [2.75, 3.05) is 6.61 Å². The maximum Gasteiger partial charge on any atom is 0.201 e. The van der Waals surface area contributed by atoms with Gasteiger partial charge in [0.05, 0.1) is 6.61 Å². The number of hydrogen-bond donors (Lipinski definition) is 0. The van der Waals surface area contributed by atoms with Crippen LogP contribution in [0.1, 0.15) is 39.5 Å². The molecule has 0 aromatic carbocycles. The van der Waals surface area contributed by atoms with E-state index < -0.39 is 0 Å². The molecule has 0 aromatic heterocycles. The van der Waals surface area contributed by atoms with Crippen LogP contribution in [0.5, 0.6) is 0 Å². The molecule has 2 aliphatic carbocycles. The molecule has 0 saturated heterocycles. The second-order valence-corrected chi connectivity index (χ2v) is 5.96. The summed E-state index contributed by atoms with van der Waals surface area (Å²) in [5.74, 6) is 1.83. The van der Waals surface area contributed by atoms with E-state index in [1.165, 1.54) is 12.0 Å². The fourth-order valence-corrected chi connectivity index (χ4v) is 3.59. The molecule has 2 nitrogen and oxygen atoms in total. The average molecular weight is 206 g/mol. The highest BCUT2D eigenvalue weighted by Gasteiger charge is 2.51. The molecular weight excluding hydrogens is 188 g/mol. The maximum atomic E-state index is 12.1. The van der Waals surface area contributed by atoms with Gasteiger partial charge in [-0.1, -0.05) is 13.8 Å². The van der Waals surface area contributed by atoms with Crippen LogP contribution >= 0.6 is 0 Å². The van der Waals surface area contributed by atoms with Gasteiger partial charge in [0, 0.05) is 5.92 Å². The van der Waals surface area contributed by atoms with E-state index in [0.717, 1.165) is 31.6 Å². The second kappa shape index (κ2) is 2.87. The van der Waals surface area contributed by atoms with Crippen molar-refractivity contribution in [2.45, 2.75) is 39.5 Å². The summed E-state index contributed by atoms with van der Waals surface area (Å²) in [6.07, 6.45) is 4.41. The minimum absolute atomic E-state index is 0.253. The van der Waals surface area contributed by atoms with Crippen LogP contribution in [0.25, 0.3) is 0 Å². The first kappa shape index (κ1) is 9.44. The molecule has 3 rings (SSSR count). The fraction of sp³-hybridized carbons (Fsp3) is 0.769. The van der Waals surface area contributed by atoms with Gasteiger partial charge in [0.15, 0.2) is 5.76 Å². The summed E-state index contributed by atoms with van der Waals surface area (Å²) in [5, 5.41) is 0. The van der Waals surface area contributed by atoms with E-state index in [1.54, 1.807) is 0 Å². The topological polar surface area (TPSA) is 26.3 Å². The molecule has 82 valence electrons. The summed E-state index contributed by atoms with van der Waals surface area (Å²) in [4.78, 5) is 12.1. The number of Topliss-reactive ketones (excluding diaryl/α,β-unsaturated/α-hetero) is 1. The monoisotopic (exact) mass is 206 g/mol. The van der Waals surface area contributed by atoms with Gasteiger partial charge >= 0.3 is 0 Å². The number of ketones is 1. The average Bonchev–Trinajstić information content (AvgIpc) is 2.63. The van der Waals surface area contributed by atoms with E-state index in [1.807, 2.05) is 0 Å². The normalized spacial score (nSPS) is 37.6. The predicted octanol–water partition coefficient (Wildman–Crippen LogP) is 2.69. The molecule has 0 unspecified atom stereocenters. The SMILES string of the molecule is CC1(C)C[C@@H]2C3=C(OCCC3)C(=O)[C@@H]2C1. The molecule has 0 spiro atoms. The molecule has 0 aromatic rings. The molecule has 2 heteroatoms. The number of fused-ring (bicyclic) bond motifs is 2.